The molecule has 4 heterocycles. The van der Waals surface area contributed by atoms with Crippen molar-refractivity contribution >= 4 is 34.3 Å². The Labute approximate surface area is 248 Å². The van der Waals surface area contributed by atoms with Crippen LogP contribution in [0.25, 0.3) is 17.0 Å². The van der Waals surface area contributed by atoms with Crippen molar-refractivity contribution in [2.75, 3.05) is 44.6 Å². The number of nitrogens with zero attached hydrogens (tertiary/aromatic N) is 3. The third-order valence-electron chi connectivity index (χ3n) is 7.73. The fourth-order valence-electron chi connectivity index (χ4n) is 5.47. The first-order valence-corrected chi connectivity index (χ1v) is 14.8. The van der Waals surface area contributed by atoms with Crippen LogP contribution in [0.3, 0.4) is 0 Å². The molecule has 10 heteroatoms. The molecule has 1 amide bonds. The van der Waals surface area contributed by atoms with E-state index in [0.717, 1.165) is 51.9 Å². The van der Waals surface area contributed by atoms with Gasteiger partial charge < -0.3 is 25.3 Å². The Balaban J connectivity index is 1.31. The number of rotatable bonds is 9. The maximum Gasteiger partial charge on any atom is 0.255 e. The number of aryl methyl sites for hydroxylation is 1. The molecule has 0 saturated carbocycles. The third kappa shape index (κ3) is 5.36. The van der Waals surface area contributed by atoms with Crippen molar-refractivity contribution in [1.82, 2.24) is 14.4 Å². The van der Waals surface area contributed by atoms with E-state index in [0.29, 0.717) is 43.4 Å². The lowest BCUT2D eigenvalue weighted by molar-refractivity contribution is 0.0630. The second-order valence-electron chi connectivity index (χ2n) is 10.3. The minimum Gasteiger partial charge on any atom is -0.490 e. The van der Waals surface area contributed by atoms with E-state index in [2.05, 4.69) is 10.7 Å². The zero-order valence-electron chi connectivity index (χ0n) is 23.6. The highest BCUT2D eigenvalue weighted by atomic mass is 32.1. The Morgan fingerprint density at radius 2 is 1.86 bits per heavy atom. The third-order valence-corrected chi connectivity index (χ3v) is 8.78. The molecule has 3 N–H and O–H groups in total. The summed E-state index contributed by atoms with van der Waals surface area (Å²) in [5, 5.41) is 6.04. The van der Waals surface area contributed by atoms with Gasteiger partial charge in [0, 0.05) is 31.3 Å². The highest BCUT2D eigenvalue weighted by Crippen LogP contribution is 2.44. The Bertz CT molecular complexity index is 1710. The van der Waals surface area contributed by atoms with Crippen LogP contribution < -0.4 is 15.8 Å². The number of nitrogens with one attached hydrogen (secondary N) is 1. The Morgan fingerprint density at radius 3 is 2.62 bits per heavy atom. The average Bonchev–Trinajstić information content (AvgIpc) is 3.63. The molecule has 3 aromatic heterocycles. The quantitative estimate of drug-likeness (QED) is 0.169. The molecule has 216 valence electrons. The number of carbonyl (C=O) groups excluding carboxylic acids is 1. The van der Waals surface area contributed by atoms with Crippen LogP contribution in [0.2, 0.25) is 0 Å². The monoisotopic (exact) mass is 583 g/mol. The molecule has 0 unspecified atom stereocenters. The number of amides is 1. The standard InChI is InChI=1S/C32H33N5O4S/c1-21-29(37-19-24(41-18-17-39-2)11-12-28(37)34-21)27-20-42-31(36-27)32(13-15-40-16-14-32)23-9-7-22(8-10-23)30(38)35-26-6-4-3-5-25(26)33/h3-12,19-20H,13-18,33H2,1-2H3,(H,35,38). The van der Waals surface area contributed by atoms with E-state index in [-0.39, 0.29) is 11.3 Å². The molecule has 0 radical (unpaired) electrons. The van der Waals surface area contributed by atoms with Crippen molar-refractivity contribution in [2.24, 2.45) is 0 Å². The minimum absolute atomic E-state index is 0.203. The van der Waals surface area contributed by atoms with Crippen molar-refractivity contribution in [1.29, 1.82) is 0 Å². The van der Waals surface area contributed by atoms with Gasteiger partial charge in [-0.15, -0.1) is 11.3 Å². The van der Waals surface area contributed by atoms with E-state index in [4.69, 9.17) is 29.9 Å². The van der Waals surface area contributed by atoms with E-state index in [1.807, 2.05) is 66.1 Å². The summed E-state index contributed by atoms with van der Waals surface area (Å²) in [6.07, 6.45) is 3.56. The summed E-state index contributed by atoms with van der Waals surface area (Å²) in [5.41, 5.74) is 12.0. The van der Waals surface area contributed by atoms with Crippen LogP contribution in [0.4, 0.5) is 11.4 Å². The number of aromatic nitrogens is 3. The maximum atomic E-state index is 13.0. The number of thiazole rings is 1. The van der Waals surface area contributed by atoms with Gasteiger partial charge in [-0.2, -0.15) is 0 Å². The van der Waals surface area contributed by atoms with Crippen LogP contribution in [-0.4, -0.2) is 53.8 Å². The van der Waals surface area contributed by atoms with Crippen molar-refractivity contribution in [3.63, 3.8) is 0 Å². The van der Waals surface area contributed by atoms with Crippen LogP contribution in [0.15, 0.2) is 72.2 Å². The van der Waals surface area contributed by atoms with Gasteiger partial charge >= 0.3 is 0 Å². The molecule has 6 rings (SSSR count). The molecule has 0 spiro atoms. The molecule has 9 nitrogen and oxygen atoms in total. The molecule has 42 heavy (non-hydrogen) atoms. The number of imidazole rings is 1. The number of benzene rings is 2. The topological polar surface area (TPSA) is 113 Å². The van der Waals surface area contributed by atoms with Gasteiger partial charge in [-0.05, 0) is 61.7 Å². The summed E-state index contributed by atoms with van der Waals surface area (Å²) in [6, 6.07) is 18.9. The van der Waals surface area contributed by atoms with E-state index in [9.17, 15) is 4.79 Å². The number of ether oxygens (including phenoxy) is 3. The highest BCUT2D eigenvalue weighted by molar-refractivity contribution is 7.10. The fraction of sp³-hybridized carbons (Fsp3) is 0.281. The molecule has 1 fully saturated rings. The molecule has 1 saturated heterocycles. The lowest BCUT2D eigenvalue weighted by atomic mass is 9.74. The van der Waals surface area contributed by atoms with E-state index in [1.54, 1.807) is 30.6 Å². The lowest BCUT2D eigenvalue weighted by Crippen LogP contribution is -2.35. The van der Waals surface area contributed by atoms with Crippen LogP contribution in [0.5, 0.6) is 5.75 Å². The summed E-state index contributed by atoms with van der Waals surface area (Å²) in [5.74, 6) is 0.541. The number of para-hydroxylation sites is 2. The molecular weight excluding hydrogens is 550 g/mol. The van der Waals surface area contributed by atoms with Crippen molar-refractivity contribution in [2.45, 2.75) is 25.2 Å². The van der Waals surface area contributed by atoms with Gasteiger partial charge in [-0.3, -0.25) is 9.20 Å². The molecule has 2 aromatic carbocycles. The van der Waals surface area contributed by atoms with Gasteiger partial charge in [-0.1, -0.05) is 24.3 Å². The van der Waals surface area contributed by atoms with Crippen molar-refractivity contribution in [3.8, 4) is 17.1 Å². The molecule has 0 bridgehead atoms. The number of hydrogen-bond donors (Lipinski definition) is 2. The first kappa shape index (κ1) is 27.9. The Kier molecular flexibility index (Phi) is 7.92. The number of methoxy groups -OCH3 is 1. The average molecular weight is 584 g/mol. The SMILES string of the molecule is COCCOc1ccc2nc(C)c(-c3csc(C4(c5ccc(C(=O)Nc6ccccc6N)cc5)CCOCC4)n3)n2c1. The van der Waals surface area contributed by atoms with Gasteiger partial charge in [-0.25, -0.2) is 9.97 Å². The number of carbonyl (C=O) groups is 1. The molecular formula is C32H33N5O4S. The minimum atomic E-state index is -0.317. The number of nitrogens with two attached hydrogens (primary N) is 1. The van der Waals surface area contributed by atoms with Crippen molar-refractivity contribution in [3.05, 3.63) is 94.1 Å². The molecule has 5 aromatic rings. The second-order valence-corrected chi connectivity index (χ2v) is 11.2. The van der Waals surface area contributed by atoms with Gasteiger partial charge in [0.05, 0.1) is 41.0 Å². The van der Waals surface area contributed by atoms with Gasteiger partial charge in [0.15, 0.2) is 0 Å². The van der Waals surface area contributed by atoms with Crippen molar-refractivity contribution < 1.29 is 19.0 Å². The predicted octanol–water partition coefficient (Wildman–Crippen LogP) is 5.72. The van der Waals surface area contributed by atoms with E-state index in [1.165, 1.54) is 0 Å². The number of hydrogen-bond acceptors (Lipinski definition) is 8. The molecule has 0 aliphatic carbocycles. The first-order chi connectivity index (χ1) is 20.5. The van der Waals surface area contributed by atoms with Gasteiger partial charge in [0.25, 0.3) is 5.91 Å². The summed E-state index contributed by atoms with van der Waals surface area (Å²) in [4.78, 5) is 22.9. The predicted molar refractivity (Wildman–Crippen MR) is 164 cm³/mol. The summed E-state index contributed by atoms with van der Waals surface area (Å²) < 4.78 is 18.8. The van der Waals surface area contributed by atoms with Crippen LogP contribution in [0.1, 0.15) is 39.5 Å². The number of nitrogen functional groups attached to an aromatic ring is 1. The van der Waals surface area contributed by atoms with Gasteiger partial charge in [0.2, 0.25) is 0 Å². The van der Waals surface area contributed by atoms with Crippen LogP contribution in [-0.2, 0) is 14.9 Å². The zero-order chi connectivity index (χ0) is 29.1. The van der Waals surface area contributed by atoms with E-state index < -0.39 is 0 Å². The molecule has 1 aliphatic heterocycles. The lowest BCUT2D eigenvalue weighted by Gasteiger charge is -2.36. The summed E-state index contributed by atoms with van der Waals surface area (Å²) >= 11 is 1.65. The Hall–Kier alpha value is -4.25. The summed E-state index contributed by atoms with van der Waals surface area (Å²) in [7, 11) is 1.66. The van der Waals surface area contributed by atoms with E-state index >= 15 is 0 Å². The number of anilines is 2. The first-order valence-electron chi connectivity index (χ1n) is 13.9. The Morgan fingerprint density at radius 1 is 1.07 bits per heavy atom. The summed E-state index contributed by atoms with van der Waals surface area (Å²) in [6.45, 7) is 4.27. The second kappa shape index (κ2) is 11.9. The largest absolute Gasteiger partial charge is 0.490 e. The number of pyridine rings is 1. The molecule has 1 aliphatic rings. The highest BCUT2D eigenvalue weighted by Gasteiger charge is 2.39. The number of fused-ring (bicyclic) bond motifs is 1. The van der Waals surface area contributed by atoms with Crippen LogP contribution in [0, 0.1) is 6.92 Å². The molecule has 0 atom stereocenters. The van der Waals surface area contributed by atoms with Crippen LogP contribution >= 0.6 is 11.3 Å². The smallest absolute Gasteiger partial charge is 0.255 e. The zero-order valence-corrected chi connectivity index (χ0v) is 24.4. The fourth-order valence-corrected chi connectivity index (χ4v) is 6.56. The van der Waals surface area contributed by atoms with Gasteiger partial charge in [0.1, 0.15) is 28.7 Å². The normalized spacial score (nSPS) is 14.6. The maximum absolute atomic E-state index is 13.0.